The number of aromatic nitrogens is 2. The number of ether oxygens (including phenoxy) is 4. The Kier molecular flexibility index (Phi) is 21.9. The van der Waals surface area contributed by atoms with Gasteiger partial charge in [-0.05, 0) is 65.6 Å². The Bertz CT molecular complexity index is 2260. The van der Waals surface area contributed by atoms with Crippen LogP contribution in [0.5, 0.6) is 0 Å². The van der Waals surface area contributed by atoms with E-state index in [1.807, 2.05) is 66.7 Å². The van der Waals surface area contributed by atoms with E-state index in [4.69, 9.17) is 18.9 Å². The number of fused-ring (bicyclic) bond motifs is 2. The molecule has 0 bridgehead atoms. The zero-order valence-electron chi connectivity index (χ0n) is 38.7. The molecule has 2 aliphatic heterocycles. The van der Waals surface area contributed by atoms with Gasteiger partial charge in [-0.25, -0.2) is 19.6 Å². The van der Waals surface area contributed by atoms with Crippen LogP contribution >= 0.6 is 11.8 Å². The van der Waals surface area contributed by atoms with E-state index in [0.717, 1.165) is 47.4 Å². The van der Waals surface area contributed by atoms with Crippen molar-refractivity contribution in [3.8, 4) is 0 Å². The third kappa shape index (κ3) is 17.8. The first-order valence-electron chi connectivity index (χ1n) is 23.4. The van der Waals surface area contributed by atoms with Gasteiger partial charge in [-0.2, -0.15) is 11.8 Å². The summed E-state index contributed by atoms with van der Waals surface area (Å²) >= 11 is 1.79. The molecule has 68 heavy (non-hydrogen) atoms. The Hall–Kier alpha value is -5.53. The van der Waals surface area contributed by atoms with Gasteiger partial charge in [0, 0.05) is 64.4 Å². The number of nitrogens with one attached hydrogen (secondary N) is 1. The molecule has 0 unspecified atom stereocenters. The Morgan fingerprint density at radius 2 is 1.25 bits per heavy atom. The minimum Gasteiger partial charge on any atom is -0.477 e. The fraction of sp³-hybridized carbons (Fsp3) is 0.451. The van der Waals surface area contributed by atoms with E-state index in [1.54, 1.807) is 28.8 Å². The lowest BCUT2D eigenvalue weighted by atomic mass is 10.0. The molecule has 0 spiro atoms. The summed E-state index contributed by atoms with van der Waals surface area (Å²) in [5.74, 6) is -0.750. The van der Waals surface area contributed by atoms with Crippen molar-refractivity contribution >= 4 is 53.4 Å². The largest absolute Gasteiger partial charge is 0.477 e. The van der Waals surface area contributed by atoms with Crippen LogP contribution in [0.1, 0.15) is 81.2 Å². The number of carbonyl (C=O) groups is 4. The Morgan fingerprint density at radius 1 is 0.647 bits per heavy atom. The first-order chi connectivity index (χ1) is 33.2. The zero-order chi connectivity index (χ0) is 47.8. The van der Waals surface area contributed by atoms with E-state index in [2.05, 4.69) is 31.2 Å². The Balaban J connectivity index is 0.948. The zero-order valence-corrected chi connectivity index (χ0v) is 39.5. The van der Waals surface area contributed by atoms with Crippen molar-refractivity contribution < 1.29 is 48.3 Å². The molecule has 2 aromatic heterocycles. The number of rotatable bonds is 17. The molecule has 4 aromatic rings. The summed E-state index contributed by atoms with van der Waals surface area (Å²) < 4.78 is 24.5. The van der Waals surface area contributed by atoms with Crippen molar-refractivity contribution in [3.05, 3.63) is 124 Å². The molecule has 0 saturated carbocycles. The minimum absolute atomic E-state index is 0.00211. The molecule has 1 fully saturated rings. The first-order valence-corrected chi connectivity index (χ1v) is 24.5. The molecule has 1 saturated heterocycles. The van der Waals surface area contributed by atoms with Crippen LogP contribution in [0.2, 0.25) is 0 Å². The number of hydrogen-bond donors (Lipinski definition) is 3. The Morgan fingerprint density at radius 3 is 1.93 bits per heavy atom. The number of unbranched alkanes of at least 4 members (excludes halogenated alkanes) is 2. The molecule has 4 heterocycles. The van der Waals surface area contributed by atoms with Crippen LogP contribution in [-0.2, 0) is 48.2 Å². The van der Waals surface area contributed by atoms with Crippen LogP contribution in [0, 0.1) is 0 Å². The summed E-state index contributed by atoms with van der Waals surface area (Å²) in [7, 11) is 0. The molecule has 2 aliphatic rings. The second-order valence-electron chi connectivity index (χ2n) is 16.5. The van der Waals surface area contributed by atoms with Crippen molar-refractivity contribution in [2.75, 3.05) is 95.4 Å². The third-order valence-electron chi connectivity index (χ3n) is 11.4. The highest BCUT2D eigenvalue weighted by atomic mass is 32.2. The number of anilines is 1. The van der Waals surface area contributed by atoms with Crippen LogP contribution in [0.15, 0.2) is 84.9 Å². The summed E-state index contributed by atoms with van der Waals surface area (Å²) in [6, 6.07) is 25.9. The number of nitrogens with zero attached hydrogens (tertiary/aromatic N) is 5. The predicted molar refractivity (Wildman–Crippen MR) is 262 cm³/mol. The van der Waals surface area contributed by atoms with E-state index in [0.29, 0.717) is 116 Å². The molecule has 364 valence electrons. The SMILES string of the molecule is O=C(CCC(=O)N1Cc2ccccc2/C=C\c2ccccc21)NCCCCCSC[C@@H]1COCCN(Cc2cccc(C(=O)O)n2)CCOCCOCCN(Cc2cccc(C(=O)O)n2)CCO1. The normalized spacial score (nSPS) is 17.6. The number of carbonyl (C=O) groups excluding carboxylic acids is 2. The number of para-hydroxylation sites is 1. The van der Waals surface area contributed by atoms with Gasteiger partial charge in [0.1, 0.15) is 11.4 Å². The van der Waals surface area contributed by atoms with Gasteiger partial charge in [-0.3, -0.25) is 19.4 Å². The molecular weight excluding hydrogens is 889 g/mol. The van der Waals surface area contributed by atoms with Crippen molar-refractivity contribution in [3.63, 3.8) is 0 Å². The van der Waals surface area contributed by atoms with E-state index >= 15 is 0 Å². The Labute approximate surface area is 403 Å². The number of benzene rings is 2. The van der Waals surface area contributed by atoms with Gasteiger partial charge < -0.3 is 39.4 Å². The second-order valence-corrected chi connectivity index (χ2v) is 17.7. The minimum atomic E-state index is -1.08. The van der Waals surface area contributed by atoms with E-state index in [9.17, 15) is 29.4 Å². The highest BCUT2D eigenvalue weighted by Crippen LogP contribution is 2.29. The summed E-state index contributed by atoms with van der Waals surface area (Å²) in [4.78, 5) is 64.2. The molecule has 2 aromatic carbocycles. The van der Waals surface area contributed by atoms with Gasteiger partial charge in [0.2, 0.25) is 11.8 Å². The number of amides is 2. The lowest BCUT2D eigenvalue weighted by Crippen LogP contribution is -2.35. The fourth-order valence-electron chi connectivity index (χ4n) is 7.75. The second kappa shape index (κ2) is 28.7. The van der Waals surface area contributed by atoms with Crippen LogP contribution in [0.25, 0.3) is 12.2 Å². The quantitative estimate of drug-likeness (QED) is 0.102. The van der Waals surface area contributed by atoms with E-state index in [1.165, 1.54) is 12.1 Å². The molecule has 0 aliphatic carbocycles. The molecule has 6 rings (SSSR count). The summed E-state index contributed by atoms with van der Waals surface area (Å²) in [5.41, 5.74) is 5.21. The molecule has 17 heteroatoms. The van der Waals surface area contributed by atoms with Crippen molar-refractivity contribution in [1.82, 2.24) is 25.1 Å². The number of carboxylic acids is 2. The van der Waals surface area contributed by atoms with E-state index < -0.39 is 11.9 Å². The maximum Gasteiger partial charge on any atom is 0.354 e. The summed E-state index contributed by atoms with van der Waals surface area (Å²) in [6.07, 6.45) is 6.88. The smallest absolute Gasteiger partial charge is 0.354 e. The van der Waals surface area contributed by atoms with Crippen LogP contribution in [0.4, 0.5) is 5.69 Å². The topological polar surface area (TPSA) is 193 Å². The number of pyridine rings is 2. The average molecular weight is 953 g/mol. The first kappa shape index (κ1) is 51.9. The van der Waals surface area contributed by atoms with Gasteiger partial charge in [0.05, 0.1) is 76.0 Å². The number of thioether (sulfide) groups is 1. The lowest BCUT2D eigenvalue weighted by molar-refractivity contribution is -0.125. The van der Waals surface area contributed by atoms with Crippen molar-refractivity contribution in [2.24, 2.45) is 0 Å². The number of aromatic carboxylic acids is 2. The standard InChI is InChI=1S/C51H64N6O10S/c58-48(20-21-49(59)57-34-41-12-3-2-10-39(41)18-19-40-11-4-5-17-47(40)57)52-22-6-1-7-33-68-38-44-37-66-29-25-55(35-42-13-8-15-45(53-42)50(60)61)23-27-64-31-32-65-28-24-56(26-30-67-44)36-43-14-9-16-46(54-43)51(62)63/h2-5,8-19,44H,1,6-7,20-38H2,(H,52,58)(H,60,61)(H,62,63)/b19-18-/t44-/m0/s1. The van der Waals surface area contributed by atoms with Crippen LogP contribution in [0.3, 0.4) is 0 Å². The molecule has 16 nitrogen and oxygen atoms in total. The third-order valence-corrected chi connectivity index (χ3v) is 12.6. The lowest BCUT2D eigenvalue weighted by Gasteiger charge is -2.27. The van der Waals surface area contributed by atoms with Gasteiger partial charge in [0.15, 0.2) is 0 Å². The maximum absolute atomic E-state index is 13.6. The average Bonchev–Trinajstić information content (AvgIpc) is 3.33. The molecular formula is C51H64N6O10S. The summed E-state index contributed by atoms with van der Waals surface area (Å²) in [6.45, 7) is 7.05. The molecule has 0 radical (unpaired) electrons. The van der Waals surface area contributed by atoms with E-state index in [-0.39, 0.29) is 42.1 Å². The molecule has 3 N–H and O–H groups in total. The number of carboxylic acid groups (broad SMARTS) is 2. The van der Waals surface area contributed by atoms with Gasteiger partial charge in [-0.15, -0.1) is 0 Å². The predicted octanol–water partition coefficient (Wildman–Crippen LogP) is 6.14. The van der Waals surface area contributed by atoms with Crippen molar-refractivity contribution in [1.29, 1.82) is 0 Å². The van der Waals surface area contributed by atoms with Gasteiger partial charge in [0.25, 0.3) is 0 Å². The number of hydrogen-bond acceptors (Lipinski definition) is 13. The monoisotopic (exact) mass is 952 g/mol. The van der Waals surface area contributed by atoms with Crippen molar-refractivity contribution in [2.45, 2.75) is 57.8 Å². The van der Waals surface area contributed by atoms with Gasteiger partial charge >= 0.3 is 11.9 Å². The fourth-order valence-corrected chi connectivity index (χ4v) is 8.78. The summed E-state index contributed by atoms with van der Waals surface area (Å²) in [5, 5.41) is 21.9. The highest BCUT2D eigenvalue weighted by Gasteiger charge is 2.22. The molecule has 2 amide bonds. The molecule has 1 atom stereocenters. The van der Waals surface area contributed by atoms with Crippen LogP contribution < -0.4 is 10.2 Å². The highest BCUT2D eigenvalue weighted by molar-refractivity contribution is 7.99. The van der Waals surface area contributed by atoms with Crippen LogP contribution in [-0.4, -0.2) is 150 Å². The van der Waals surface area contributed by atoms with Gasteiger partial charge in [-0.1, -0.05) is 73.2 Å². The maximum atomic E-state index is 13.6.